The summed E-state index contributed by atoms with van der Waals surface area (Å²) >= 11 is 0. The topological polar surface area (TPSA) is 413 Å². The molecule has 1 spiro atoms. The number of rotatable bonds is 36. The van der Waals surface area contributed by atoms with E-state index >= 15 is 0 Å². The molecule has 0 unspecified atom stereocenters. The number of unbranched alkanes of at least 4 members (excludes halogenated alkanes) is 4. The minimum atomic E-state index is -2.83. The summed E-state index contributed by atoms with van der Waals surface area (Å²) in [5, 5.41) is 49.1. The van der Waals surface area contributed by atoms with Crippen LogP contribution in [0.1, 0.15) is 151 Å². The second-order valence-corrected chi connectivity index (χ2v) is 23.8. The van der Waals surface area contributed by atoms with Crippen molar-refractivity contribution in [3.63, 3.8) is 0 Å². The van der Waals surface area contributed by atoms with Gasteiger partial charge in [0.25, 0.3) is 0 Å². The molecular weight excluding hydrogens is 1180 g/mol. The Bertz CT molecular complexity index is 2610. The number of hydrogen-bond donors (Lipinski definition) is 14. The fourth-order valence-corrected chi connectivity index (χ4v) is 10.2. The minimum absolute atomic E-state index is 0.183. The number of benzene rings is 1. The highest BCUT2D eigenvalue weighted by Gasteiger charge is 2.62. The molecule has 1 aliphatic carbocycles. The van der Waals surface area contributed by atoms with E-state index in [1.54, 1.807) is 48.6 Å². The van der Waals surface area contributed by atoms with E-state index in [1.165, 1.54) is 13.8 Å². The predicted octanol–water partition coefficient (Wildman–Crippen LogP) is -0.576. The van der Waals surface area contributed by atoms with Crippen molar-refractivity contribution in [2.75, 3.05) is 20.3 Å². The van der Waals surface area contributed by atoms with E-state index < -0.39 is 206 Å². The zero-order chi connectivity index (χ0) is 67.6. The van der Waals surface area contributed by atoms with E-state index in [1.807, 2.05) is 37.3 Å². The van der Waals surface area contributed by atoms with Crippen LogP contribution in [0.15, 0.2) is 30.3 Å². The van der Waals surface area contributed by atoms with E-state index in [0.717, 1.165) is 31.2 Å². The number of amides is 11. The summed E-state index contributed by atoms with van der Waals surface area (Å²) in [6, 6.07) is -5.48. The van der Waals surface area contributed by atoms with Gasteiger partial charge >= 0.3 is 5.97 Å². The first-order valence-electron chi connectivity index (χ1n) is 31.3. The molecule has 1 saturated heterocycles. The van der Waals surface area contributed by atoms with Gasteiger partial charge in [0.15, 0.2) is 0 Å². The Balaban J connectivity index is 1.86. The molecule has 15 N–H and O–H groups in total. The lowest BCUT2D eigenvalue weighted by Gasteiger charge is -2.31. The van der Waals surface area contributed by atoms with E-state index in [9.17, 15) is 76.5 Å². The van der Waals surface area contributed by atoms with Gasteiger partial charge in [0.1, 0.15) is 66.0 Å². The number of primary amides is 1. The van der Waals surface area contributed by atoms with E-state index in [4.69, 9.17) is 10.5 Å². The highest BCUT2D eigenvalue weighted by molar-refractivity contribution is 6.01. The molecule has 0 aromatic heterocycles. The van der Waals surface area contributed by atoms with Gasteiger partial charge in [-0.05, 0) is 75.8 Å². The molecule has 1 heterocycles. The molecule has 1 saturated carbocycles. The van der Waals surface area contributed by atoms with Crippen molar-refractivity contribution in [3.8, 4) is 0 Å². The third kappa shape index (κ3) is 23.1. The molecule has 11 amide bonds. The second-order valence-electron chi connectivity index (χ2n) is 23.8. The molecule has 2 aliphatic rings. The van der Waals surface area contributed by atoms with Crippen LogP contribution in [-0.4, -0.2) is 180 Å². The lowest BCUT2D eigenvalue weighted by atomic mass is 9.94. The monoisotopic (exact) mass is 1280 g/mol. The Morgan fingerprint density at radius 1 is 0.656 bits per heavy atom. The first kappa shape index (κ1) is 76.8. The number of cyclic esters (lactones) is 1. The third-order valence-corrected chi connectivity index (χ3v) is 16.9. The average Bonchev–Trinajstić information content (AvgIpc) is 1.60. The van der Waals surface area contributed by atoms with Crippen LogP contribution in [0, 0.1) is 23.7 Å². The smallest absolute Gasteiger partial charge is 0.329 e. The molecule has 29 heteroatoms. The summed E-state index contributed by atoms with van der Waals surface area (Å²) in [5.74, 6) is -14.4. The Labute approximate surface area is 525 Å². The fraction of sp³-hybridized carbons (Fsp3) is 0.705. The number of esters is 1. The summed E-state index contributed by atoms with van der Waals surface area (Å²) in [5.41, 5.74) is 4.49. The van der Waals surface area contributed by atoms with Gasteiger partial charge in [0.05, 0.1) is 19.3 Å². The first-order chi connectivity index (χ1) is 42.6. The standard InChI is InChI=1S/C61H98F2N12O15/c1-11-15-16-17-21-24-39(67-53(82)41(65-10)27-37-22-19-18-20-23-37)51(80)69-42(30-76)54(83)68-40(25-26-45(64)78)52(81)71-47(33(6)13-3)57(86)72-46(32(5)12-2)56(85)70-43(31-77)55(84)73-49-36(9)90-59(88)48(34(7)14-4)74-60(89)61(29-38(61)28-44(62)63)75-50(79)35(8)66-58(49)87/h18-20,22-23,32-36,38-44,46-49,65,76-77H,11-17,21,24-31H2,1-10H3,(H2,64,78)(H,66,87)(H,67,82)(H,68,83)(H,69,80)(H,70,85)(H,71,81)(H,72,86)(H,73,84)(H,74,89)(H,75,79)/t32-,33-,34-,35-,36-,38+,39-,40+,41+,42-,43-,46-,47+,48-,49+,61+/m0/s1. The first-order valence-corrected chi connectivity index (χ1v) is 31.3. The minimum Gasteiger partial charge on any atom is -0.458 e. The molecule has 0 bridgehead atoms. The number of likely N-dealkylation sites (N-methyl/N-ethyl adjacent to an activating group) is 1. The van der Waals surface area contributed by atoms with Gasteiger partial charge in [-0.2, -0.15) is 0 Å². The second kappa shape index (κ2) is 37.7. The molecule has 0 radical (unpaired) electrons. The molecule has 3 rings (SSSR count). The Kier molecular flexibility index (Phi) is 32.2. The van der Waals surface area contributed by atoms with Gasteiger partial charge in [0.2, 0.25) is 71.4 Å². The number of carbonyl (C=O) groups excluding carboxylic acids is 12. The number of nitrogens with one attached hydrogen (secondary N) is 11. The quantitative estimate of drug-likeness (QED) is 0.0295. The SMILES string of the molecule is CCCCCCC[C@H](NC(=O)[C@@H](Cc1ccccc1)NC)C(=O)N[C@@H](CO)C(=O)N[C@H](CCC(N)=O)C(=O)N[C@@H](C(=O)N[C@H](C(=O)N[C@@H](CO)C(=O)N[C@H]1C(=O)N[C@@H](C)C(=O)N[C@@]2(C[C@H]2CC(F)F)C(=O)N[C@@H]([C@@H](C)CC)C(=O)O[C@H]1C)[C@@H](C)CC)[C@@H](C)CC. The molecule has 16 atom stereocenters. The van der Waals surface area contributed by atoms with Crippen LogP contribution in [-0.2, 0) is 68.7 Å². The number of halogens is 2. The Morgan fingerprint density at radius 3 is 1.71 bits per heavy atom. The molecule has 1 aromatic rings. The third-order valence-electron chi connectivity index (χ3n) is 16.9. The van der Waals surface area contributed by atoms with Crippen molar-refractivity contribution in [3.05, 3.63) is 35.9 Å². The van der Waals surface area contributed by atoms with Crippen LogP contribution in [0.3, 0.4) is 0 Å². The maximum absolute atomic E-state index is 14.4. The van der Waals surface area contributed by atoms with Crippen molar-refractivity contribution in [1.82, 2.24) is 58.5 Å². The average molecular weight is 1280 g/mol. The Hall–Kier alpha value is -7.40. The Morgan fingerprint density at radius 2 is 1.17 bits per heavy atom. The highest BCUT2D eigenvalue weighted by Crippen LogP contribution is 2.48. The summed E-state index contributed by atoms with van der Waals surface area (Å²) in [6.07, 6.45) is -0.830. The maximum Gasteiger partial charge on any atom is 0.329 e. The van der Waals surface area contributed by atoms with Crippen molar-refractivity contribution in [1.29, 1.82) is 0 Å². The van der Waals surface area contributed by atoms with Crippen molar-refractivity contribution >= 4 is 70.9 Å². The summed E-state index contributed by atoms with van der Waals surface area (Å²) in [4.78, 5) is 166. The van der Waals surface area contributed by atoms with Crippen molar-refractivity contribution in [2.24, 2.45) is 29.4 Å². The zero-order valence-corrected chi connectivity index (χ0v) is 53.5. The van der Waals surface area contributed by atoms with Crippen LogP contribution in [0.4, 0.5) is 8.78 Å². The van der Waals surface area contributed by atoms with Gasteiger partial charge in [-0.25, -0.2) is 13.6 Å². The molecule has 1 aliphatic heterocycles. The summed E-state index contributed by atoms with van der Waals surface area (Å²) < 4.78 is 32.8. The number of hydrogen-bond acceptors (Lipinski definition) is 16. The molecular formula is C61H98F2N12O15. The molecule has 506 valence electrons. The maximum atomic E-state index is 14.4. The summed E-state index contributed by atoms with van der Waals surface area (Å²) in [6.45, 7) is 12.3. The van der Waals surface area contributed by atoms with Gasteiger partial charge < -0.3 is 79.2 Å². The van der Waals surface area contributed by atoms with Crippen LogP contribution >= 0.6 is 0 Å². The van der Waals surface area contributed by atoms with Gasteiger partial charge in [0, 0.05) is 12.8 Å². The van der Waals surface area contributed by atoms with Crippen LogP contribution in [0.2, 0.25) is 0 Å². The van der Waals surface area contributed by atoms with Gasteiger partial charge in [-0.15, -0.1) is 0 Å². The van der Waals surface area contributed by atoms with Crippen molar-refractivity contribution in [2.45, 2.75) is 231 Å². The predicted molar refractivity (Wildman–Crippen MR) is 326 cm³/mol. The summed E-state index contributed by atoms with van der Waals surface area (Å²) in [7, 11) is 1.60. The van der Waals surface area contributed by atoms with E-state index in [-0.39, 0.29) is 25.7 Å². The van der Waals surface area contributed by atoms with Gasteiger partial charge in [-0.1, -0.05) is 130 Å². The molecule has 27 nitrogen and oxygen atoms in total. The zero-order valence-electron chi connectivity index (χ0n) is 53.5. The van der Waals surface area contributed by atoms with Crippen LogP contribution in [0.5, 0.6) is 0 Å². The largest absolute Gasteiger partial charge is 0.458 e. The lowest BCUT2D eigenvalue weighted by molar-refractivity contribution is -0.157. The highest BCUT2D eigenvalue weighted by atomic mass is 19.3. The fourth-order valence-electron chi connectivity index (χ4n) is 10.2. The van der Waals surface area contributed by atoms with E-state index in [0.29, 0.717) is 19.3 Å². The van der Waals surface area contributed by atoms with Crippen LogP contribution in [0.25, 0.3) is 0 Å². The number of nitrogens with two attached hydrogens (primary N) is 1. The number of aliphatic hydroxyl groups is 2. The normalized spacial score (nSPS) is 22.8. The number of carbonyl (C=O) groups is 12. The van der Waals surface area contributed by atoms with E-state index in [2.05, 4.69) is 58.5 Å². The van der Waals surface area contributed by atoms with Crippen LogP contribution < -0.4 is 64.2 Å². The number of ether oxygens (including phenoxy) is 1. The molecule has 1 aromatic carbocycles. The number of alkyl halides is 2. The molecule has 90 heavy (non-hydrogen) atoms. The molecule has 2 fully saturated rings. The number of aliphatic hydroxyl groups excluding tert-OH is 2. The van der Waals surface area contributed by atoms with Crippen molar-refractivity contribution < 1.29 is 81.3 Å². The lowest BCUT2D eigenvalue weighted by Crippen LogP contribution is -2.63. The van der Waals surface area contributed by atoms with Gasteiger partial charge in [-0.3, -0.25) is 52.7 Å².